The van der Waals surface area contributed by atoms with Gasteiger partial charge in [-0.15, -0.1) is 24.0 Å². The maximum absolute atomic E-state index is 5.70. The number of guanidine groups is 1. The number of hydrogen-bond acceptors (Lipinski definition) is 3. The third kappa shape index (κ3) is 7.80. The lowest BCUT2D eigenvalue weighted by molar-refractivity contribution is 0.358. The molecular weight excluding hydrogens is 463 g/mol. The minimum Gasteiger partial charge on any atom is -0.489 e. The number of hydrogen-bond donors (Lipinski definition) is 2. The van der Waals surface area contributed by atoms with Gasteiger partial charge < -0.3 is 20.3 Å². The minimum absolute atomic E-state index is 0. The summed E-state index contributed by atoms with van der Waals surface area (Å²) in [5.41, 5.74) is 3.59. The molecule has 28 heavy (non-hydrogen) atoms. The van der Waals surface area contributed by atoms with Crippen LogP contribution in [0.4, 0.5) is 5.69 Å². The van der Waals surface area contributed by atoms with E-state index in [9.17, 15) is 0 Å². The number of nitrogens with zero attached hydrogens (tertiary/aromatic N) is 2. The van der Waals surface area contributed by atoms with E-state index in [1.807, 2.05) is 38.4 Å². The molecule has 0 fully saturated rings. The first kappa shape index (κ1) is 23.8. The molecule has 0 heterocycles. The molecule has 2 N–H and O–H groups in total. The molecule has 2 rings (SSSR count). The van der Waals surface area contributed by atoms with Crippen molar-refractivity contribution in [1.29, 1.82) is 0 Å². The molecule has 0 radical (unpaired) electrons. The molecule has 0 unspecified atom stereocenters. The molecule has 0 saturated heterocycles. The summed E-state index contributed by atoms with van der Waals surface area (Å²) in [6.07, 6.45) is 2.68. The van der Waals surface area contributed by atoms with Crippen molar-refractivity contribution in [1.82, 2.24) is 10.6 Å². The first-order valence-electron chi connectivity index (χ1n) is 9.16. The molecule has 0 aromatic heterocycles. The van der Waals surface area contributed by atoms with Gasteiger partial charge >= 0.3 is 0 Å². The fourth-order valence-corrected chi connectivity index (χ4v) is 2.62. The van der Waals surface area contributed by atoms with Crippen molar-refractivity contribution >= 4 is 35.6 Å². The highest BCUT2D eigenvalue weighted by Gasteiger charge is 2.04. The van der Waals surface area contributed by atoms with Crippen LogP contribution in [0.25, 0.3) is 0 Å². The van der Waals surface area contributed by atoms with Gasteiger partial charge in [0, 0.05) is 45.5 Å². The minimum atomic E-state index is 0. The fourth-order valence-electron chi connectivity index (χ4n) is 2.62. The highest BCUT2D eigenvalue weighted by molar-refractivity contribution is 14.0. The monoisotopic (exact) mass is 494 g/mol. The van der Waals surface area contributed by atoms with Gasteiger partial charge in [0.1, 0.15) is 12.4 Å². The van der Waals surface area contributed by atoms with Gasteiger partial charge in [-0.2, -0.15) is 0 Å². The second-order valence-corrected chi connectivity index (χ2v) is 6.37. The van der Waals surface area contributed by atoms with E-state index in [2.05, 4.69) is 51.4 Å². The van der Waals surface area contributed by atoms with Crippen molar-refractivity contribution in [2.45, 2.75) is 13.0 Å². The van der Waals surface area contributed by atoms with Gasteiger partial charge in [-0.1, -0.05) is 43.0 Å². The van der Waals surface area contributed by atoms with E-state index in [1.54, 1.807) is 13.1 Å². The highest BCUT2D eigenvalue weighted by Crippen LogP contribution is 2.17. The molecule has 0 atom stereocenters. The Balaban J connectivity index is 0.00000392. The summed E-state index contributed by atoms with van der Waals surface area (Å²) >= 11 is 0. The fraction of sp³-hybridized carbons (Fsp3) is 0.318. The molecule has 2 aromatic rings. The van der Waals surface area contributed by atoms with Crippen molar-refractivity contribution in [3.63, 3.8) is 0 Å². The van der Waals surface area contributed by atoms with Gasteiger partial charge in [-0.05, 0) is 30.2 Å². The summed E-state index contributed by atoms with van der Waals surface area (Å²) in [5.74, 6) is 1.64. The Morgan fingerprint density at radius 3 is 2.46 bits per heavy atom. The summed E-state index contributed by atoms with van der Waals surface area (Å²) in [6, 6.07) is 16.6. The Kier molecular flexibility index (Phi) is 11.1. The molecule has 6 heteroatoms. The average Bonchev–Trinajstić information content (AvgIpc) is 2.70. The molecule has 0 aliphatic rings. The van der Waals surface area contributed by atoms with Crippen molar-refractivity contribution in [2.24, 2.45) is 4.99 Å². The molecular formula is C22H31IN4O. The number of nitrogens with one attached hydrogen (secondary N) is 2. The standard InChI is InChI=1S/C22H30N4O.HI/c1-5-16-27-21-9-7-6-8-19(21)17-25-22(23-2)24-15-14-18-10-12-20(13-11-18)26(3)4;/h5-13H,1,14-17H2,2-4H3,(H2,23,24,25);1H. The van der Waals surface area contributed by atoms with Crippen LogP contribution in [0.5, 0.6) is 5.75 Å². The quantitative estimate of drug-likeness (QED) is 0.241. The number of aliphatic imine (C=N–C) groups is 1. The second kappa shape index (κ2) is 13.0. The number of halogens is 1. The van der Waals surface area contributed by atoms with Crippen LogP contribution < -0.4 is 20.3 Å². The van der Waals surface area contributed by atoms with Crippen LogP contribution in [0, 0.1) is 0 Å². The molecule has 2 aromatic carbocycles. The summed E-state index contributed by atoms with van der Waals surface area (Å²) < 4.78 is 5.70. The topological polar surface area (TPSA) is 48.9 Å². The maximum atomic E-state index is 5.70. The smallest absolute Gasteiger partial charge is 0.191 e. The SMILES string of the molecule is C=CCOc1ccccc1CNC(=NC)NCCc1ccc(N(C)C)cc1.I. The van der Waals surface area contributed by atoms with E-state index < -0.39 is 0 Å². The van der Waals surface area contributed by atoms with Crippen LogP contribution >= 0.6 is 24.0 Å². The van der Waals surface area contributed by atoms with Crippen molar-refractivity contribution in [3.8, 4) is 5.75 Å². The molecule has 0 aliphatic carbocycles. The van der Waals surface area contributed by atoms with Crippen LogP contribution in [0.15, 0.2) is 66.2 Å². The lowest BCUT2D eigenvalue weighted by Gasteiger charge is -2.15. The molecule has 0 amide bonds. The van der Waals surface area contributed by atoms with E-state index in [1.165, 1.54) is 11.3 Å². The first-order chi connectivity index (χ1) is 13.1. The molecule has 5 nitrogen and oxygen atoms in total. The zero-order chi connectivity index (χ0) is 19.5. The van der Waals surface area contributed by atoms with E-state index >= 15 is 0 Å². The Labute approximate surface area is 185 Å². The summed E-state index contributed by atoms with van der Waals surface area (Å²) in [6.45, 7) is 5.65. The predicted octanol–water partition coefficient (Wildman–Crippen LogP) is 3.84. The molecule has 0 bridgehead atoms. The van der Waals surface area contributed by atoms with Crippen LogP contribution in [0.3, 0.4) is 0 Å². The number of benzene rings is 2. The summed E-state index contributed by atoms with van der Waals surface area (Å²) in [5, 5.41) is 6.70. The molecule has 152 valence electrons. The highest BCUT2D eigenvalue weighted by atomic mass is 127. The third-order valence-electron chi connectivity index (χ3n) is 4.16. The van der Waals surface area contributed by atoms with Crippen LogP contribution in [0.1, 0.15) is 11.1 Å². The molecule has 0 aliphatic heterocycles. The summed E-state index contributed by atoms with van der Waals surface area (Å²) in [7, 11) is 5.88. The second-order valence-electron chi connectivity index (χ2n) is 6.37. The van der Waals surface area contributed by atoms with Gasteiger partial charge in [0.2, 0.25) is 0 Å². The van der Waals surface area contributed by atoms with Gasteiger partial charge in [-0.3, -0.25) is 4.99 Å². The lowest BCUT2D eigenvalue weighted by atomic mass is 10.1. The molecule has 0 saturated carbocycles. The average molecular weight is 494 g/mol. The number of anilines is 1. The van der Waals surface area contributed by atoms with Gasteiger partial charge in [-0.25, -0.2) is 0 Å². The largest absolute Gasteiger partial charge is 0.489 e. The maximum Gasteiger partial charge on any atom is 0.191 e. The molecule has 0 spiro atoms. The first-order valence-corrected chi connectivity index (χ1v) is 9.16. The number of rotatable bonds is 9. The van der Waals surface area contributed by atoms with Crippen molar-refractivity contribution in [3.05, 3.63) is 72.3 Å². The lowest BCUT2D eigenvalue weighted by Crippen LogP contribution is -2.37. The van der Waals surface area contributed by atoms with Gasteiger partial charge in [0.25, 0.3) is 0 Å². The Hall–Kier alpha value is -2.22. The van der Waals surface area contributed by atoms with Gasteiger partial charge in [0.15, 0.2) is 5.96 Å². The zero-order valence-electron chi connectivity index (χ0n) is 16.9. The normalized spacial score (nSPS) is 10.6. The van der Waals surface area contributed by atoms with Crippen LogP contribution in [-0.2, 0) is 13.0 Å². The van der Waals surface area contributed by atoms with E-state index in [0.29, 0.717) is 13.2 Å². The van der Waals surface area contributed by atoms with Crippen LogP contribution in [-0.4, -0.2) is 40.3 Å². The van der Waals surface area contributed by atoms with E-state index in [0.717, 1.165) is 30.2 Å². The van der Waals surface area contributed by atoms with Gasteiger partial charge in [0.05, 0.1) is 0 Å². The Bertz CT molecular complexity index is 744. The summed E-state index contributed by atoms with van der Waals surface area (Å²) in [4.78, 5) is 6.40. The number of ether oxygens (including phenoxy) is 1. The number of para-hydroxylation sites is 1. The predicted molar refractivity (Wildman–Crippen MR) is 130 cm³/mol. The van der Waals surface area contributed by atoms with Crippen molar-refractivity contribution in [2.75, 3.05) is 39.2 Å². The van der Waals surface area contributed by atoms with Crippen molar-refractivity contribution < 1.29 is 4.74 Å². The van der Waals surface area contributed by atoms with E-state index in [-0.39, 0.29) is 24.0 Å². The Morgan fingerprint density at radius 1 is 1.11 bits per heavy atom. The Morgan fingerprint density at radius 2 is 1.82 bits per heavy atom. The van der Waals surface area contributed by atoms with Crippen LogP contribution in [0.2, 0.25) is 0 Å². The third-order valence-corrected chi connectivity index (χ3v) is 4.16. The zero-order valence-corrected chi connectivity index (χ0v) is 19.3. The van der Waals surface area contributed by atoms with E-state index in [4.69, 9.17) is 4.74 Å².